The number of carbonyl (C=O) groups is 1. The fourth-order valence-electron chi connectivity index (χ4n) is 1.37. The van der Waals surface area contributed by atoms with Crippen LogP contribution in [0.2, 0.25) is 5.02 Å². The summed E-state index contributed by atoms with van der Waals surface area (Å²) in [6.45, 7) is 3.98. The molecule has 0 N–H and O–H groups in total. The Morgan fingerprint density at radius 3 is 2.39 bits per heavy atom. The van der Waals surface area contributed by atoms with Crippen molar-refractivity contribution in [2.45, 2.75) is 18.7 Å². The molecule has 0 unspecified atom stereocenters. The highest BCUT2D eigenvalue weighted by molar-refractivity contribution is 8.13. The Balaban J connectivity index is 3.45. The zero-order chi connectivity index (χ0) is 14.1. The Labute approximate surface area is 116 Å². The summed E-state index contributed by atoms with van der Waals surface area (Å²) in [5.74, 6) is -0.293. The molecule has 1 rings (SSSR count). The van der Waals surface area contributed by atoms with E-state index in [9.17, 15) is 13.2 Å². The Morgan fingerprint density at radius 1 is 1.39 bits per heavy atom. The summed E-state index contributed by atoms with van der Waals surface area (Å²) in [5.41, 5.74) is 0.775. The van der Waals surface area contributed by atoms with Crippen LogP contribution in [0, 0.1) is 6.92 Å². The maximum absolute atomic E-state index is 12.1. The third-order valence-corrected chi connectivity index (χ3v) is 4.38. The first-order chi connectivity index (χ1) is 8.18. The molecule has 0 heterocycles. The molecule has 0 aliphatic heterocycles. The predicted octanol–water partition coefficient (Wildman–Crippen LogP) is 2.67. The molecule has 1 aromatic carbocycles. The number of nitrogens with zero attached hydrogens (tertiary/aromatic N) is 1. The molecule has 0 saturated carbocycles. The maximum atomic E-state index is 12.1. The molecular weight excluding hydrogens is 297 g/mol. The smallest absolute Gasteiger partial charge is 0.261 e. The lowest BCUT2D eigenvalue weighted by atomic mass is 10.1. The molecule has 7 heteroatoms. The maximum Gasteiger partial charge on any atom is 0.261 e. The van der Waals surface area contributed by atoms with Crippen LogP contribution < -0.4 is 0 Å². The summed E-state index contributed by atoms with van der Waals surface area (Å²) in [4.78, 5) is 13.3. The van der Waals surface area contributed by atoms with Gasteiger partial charge in [0.1, 0.15) is 0 Å². The number of hydrogen-bond donors (Lipinski definition) is 0. The Kier molecular flexibility index (Phi) is 4.64. The van der Waals surface area contributed by atoms with E-state index in [1.807, 2.05) is 6.92 Å². The number of hydrogen-bond acceptors (Lipinski definition) is 3. The molecule has 0 bridgehead atoms. The highest BCUT2D eigenvalue weighted by Gasteiger charge is 2.20. The number of rotatable bonds is 3. The van der Waals surface area contributed by atoms with Crippen molar-refractivity contribution in [1.82, 2.24) is 4.90 Å². The molecule has 1 amide bonds. The van der Waals surface area contributed by atoms with Crippen LogP contribution in [0.5, 0.6) is 0 Å². The summed E-state index contributed by atoms with van der Waals surface area (Å²) in [6, 6.07) is 2.49. The molecule has 18 heavy (non-hydrogen) atoms. The third kappa shape index (κ3) is 3.16. The molecule has 0 aromatic heterocycles. The molecule has 1 aromatic rings. The van der Waals surface area contributed by atoms with Crippen molar-refractivity contribution < 1.29 is 13.2 Å². The van der Waals surface area contributed by atoms with E-state index in [0.29, 0.717) is 12.1 Å². The monoisotopic (exact) mass is 309 g/mol. The Morgan fingerprint density at radius 2 is 1.94 bits per heavy atom. The zero-order valence-electron chi connectivity index (χ0n) is 10.2. The summed E-state index contributed by atoms with van der Waals surface area (Å²) < 4.78 is 22.6. The van der Waals surface area contributed by atoms with Crippen LogP contribution in [0.4, 0.5) is 0 Å². The fourth-order valence-corrected chi connectivity index (χ4v) is 2.43. The number of carbonyl (C=O) groups excluding carboxylic acids is 1. The van der Waals surface area contributed by atoms with Crippen molar-refractivity contribution in [1.29, 1.82) is 0 Å². The Hall–Kier alpha value is -0.780. The summed E-state index contributed by atoms with van der Waals surface area (Å²) in [5, 5.41) is 0.199. The first kappa shape index (κ1) is 15.3. The second kappa shape index (κ2) is 5.47. The van der Waals surface area contributed by atoms with Gasteiger partial charge in [0.05, 0.1) is 4.90 Å². The van der Waals surface area contributed by atoms with E-state index in [1.165, 1.54) is 17.0 Å². The lowest BCUT2D eigenvalue weighted by molar-refractivity contribution is 0.0801. The lowest BCUT2D eigenvalue weighted by Crippen LogP contribution is -2.27. The second-order valence-corrected chi connectivity index (χ2v) is 6.81. The van der Waals surface area contributed by atoms with Gasteiger partial charge >= 0.3 is 0 Å². The average Bonchev–Trinajstić information content (AvgIpc) is 2.29. The molecular formula is C11H13Cl2NO3S. The van der Waals surface area contributed by atoms with Gasteiger partial charge in [-0.2, -0.15) is 0 Å². The molecule has 100 valence electrons. The van der Waals surface area contributed by atoms with Gasteiger partial charge in [0.15, 0.2) is 0 Å². The van der Waals surface area contributed by atoms with Gasteiger partial charge in [-0.15, -0.1) is 0 Å². The number of amides is 1. The van der Waals surface area contributed by atoms with Crippen molar-refractivity contribution in [3.05, 3.63) is 28.3 Å². The largest absolute Gasteiger partial charge is 0.342 e. The quantitative estimate of drug-likeness (QED) is 0.807. The molecule has 0 spiro atoms. The van der Waals surface area contributed by atoms with Crippen molar-refractivity contribution in [2.75, 3.05) is 13.6 Å². The van der Waals surface area contributed by atoms with Crippen LogP contribution in [0.1, 0.15) is 22.8 Å². The highest BCUT2D eigenvalue weighted by atomic mass is 35.7. The predicted molar refractivity (Wildman–Crippen MR) is 71.9 cm³/mol. The molecule has 0 aliphatic rings. The van der Waals surface area contributed by atoms with Crippen molar-refractivity contribution in [3.63, 3.8) is 0 Å². The Bertz CT molecular complexity index is 584. The first-order valence-corrected chi connectivity index (χ1v) is 7.87. The molecule has 0 atom stereocenters. The minimum Gasteiger partial charge on any atom is -0.342 e. The zero-order valence-corrected chi connectivity index (χ0v) is 12.5. The molecule has 0 saturated heterocycles. The number of halogens is 2. The van der Waals surface area contributed by atoms with E-state index < -0.39 is 9.05 Å². The van der Waals surface area contributed by atoms with Crippen LogP contribution in [0.25, 0.3) is 0 Å². The van der Waals surface area contributed by atoms with Gasteiger partial charge in [-0.3, -0.25) is 4.79 Å². The summed E-state index contributed by atoms with van der Waals surface area (Å²) >= 11 is 5.92. The van der Waals surface area contributed by atoms with Crippen LogP contribution in [0.3, 0.4) is 0 Å². The van der Waals surface area contributed by atoms with Gasteiger partial charge in [-0.05, 0) is 31.5 Å². The van der Waals surface area contributed by atoms with Gasteiger partial charge in [-0.25, -0.2) is 8.42 Å². The van der Waals surface area contributed by atoms with E-state index in [1.54, 1.807) is 14.0 Å². The number of benzene rings is 1. The van der Waals surface area contributed by atoms with Crippen LogP contribution in [0.15, 0.2) is 17.0 Å². The molecule has 0 radical (unpaired) electrons. The highest BCUT2D eigenvalue weighted by Crippen LogP contribution is 2.27. The van der Waals surface area contributed by atoms with E-state index in [4.69, 9.17) is 22.3 Å². The summed E-state index contributed by atoms with van der Waals surface area (Å²) in [6.07, 6.45) is 0. The minimum absolute atomic E-state index is 0.174. The van der Waals surface area contributed by atoms with Gasteiger partial charge in [0.2, 0.25) is 0 Å². The first-order valence-electron chi connectivity index (χ1n) is 5.18. The van der Waals surface area contributed by atoms with Gasteiger partial charge in [-0.1, -0.05) is 11.6 Å². The van der Waals surface area contributed by atoms with E-state index in [0.717, 1.165) is 0 Å². The molecule has 0 fully saturated rings. The SMILES string of the molecule is CCN(C)C(=O)c1cc(S(=O)(=O)Cl)cc(Cl)c1C. The van der Waals surface area contributed by atoms with Gasteiger partial charge in [0.25, 0.3) is 15.0 Å². The van der Waals surface area contributed by atoms with Crippen molar-refractivity contribution >= 4 is 37.2 Å². The standard InChI is InChI=1S/C11H13Cl2NO3S/c1-4-14(3)11(15)9-5-8(18(13,16)17)6-10(12)7(9)2/h5-6H,4H2,1-3H3. The van der Waals surface area contributed by atoms with Crippen LogP contribution in [-0.2, 0) is 9.05 Å². The topological polar surface area (TPSA) is 54.5 Å². The van der Waals surface area contributed by atoms with Gasteiger partial charge < -0.3 is 4.90 Å². The second-order valence-electron chi connectivity index (χ2n) is 3.83. The molecule has 4 nitrogen and oxygen atoms in total. The van der Waals surface area contributed by atoms with E-state index in [-0.39, 0.29) is 21.4 Å². The normalized spacial score (nSPS) is 11.4. The van der Waals surface area contributed by atoms with E-state index in [2.05, 4.69) is 0 Å². The average molecular weight is 310 g/mol. The third-order valence-electron chi connectivity index (χ3n) is 2.65. The van der Waals surface area contributed by atoms with Crippen LogP contribution >= 0.6 is 22.3 Å². The lowest BCUT2D eigenvalue weighted by Gasteiger charge is -2.17. The van der Waals surface area contributed by atoms with Crippen molar-refractivity contribution in [2.24, 2.45) is 0 Å². The molecule has 0 aliphatic carbocycles. The summed E-state index contributed by atoms with van der Waals surface area (Å²) in [7, 11) is 2.97. The van der Waals surface area contributed by atoms with E-state index >= 15 is 0 Å². The van der Waals surface area contributed by atoms with Crippen molar-refractivity contribution in [3.8, 4) is 0 Å². The minimum atomic E-state index is -3.91. The van der Waals surface area contributed by atoms with Gasteiger partial charge in [0, 0.05) is 34.9 Å². The fraction of sp³-hybridized carbons (Fsp3) is 0.364. The van der Waals surface area contributed by atoms with Crippen LogP contribution in [-0.4, -0.2) is 32.8 Å².